The number of imidazole rings is 1. The second kappa shape index (κ2) is 5.85. The zero-order chi connectivity index (χ0) is 13.1. The van der Waals surface area contributed by atoms with Crippen LogP contribution in [0.5, 0.6) is 0 Å². The van der Waals surface area contributed by atoms with Crippen LogP contribution in [0, 0.1) is 11.8 Å². The van der Waals surface area contributed by atoms with Crippen molar-refractivity contribution >= 4 is 0 Å². The van der Waals surface area contributed by atoms with Crippen LogP contribution in [0.4, 0.5) is 0 Å². The molecule has 0 aromatic carbocycles. The van der Waals surface area contributed by atoms with E-state index >= 15 is 0 Å². The maximum atomic E-state index is 5.55. The van der Waals surface area contributed by atoms with E-state index in [0.717, 1.165) is 30.6 Å². The van der Waals surface area contributed by atoms with Crippen molar-refractivity contribution in [1.29, 1.82) is 0 Å². The Morgan fingerprint density at radius 2 is 2.17 bits per heavy atom. The van der Waals surface area contributed by atoms with Crippen LogP contribution in [0.25, 0.3) is 0 Å². The van der Waals surface area contributed by atoms with E-state index in [2.05, 4.69) is 41.4 Å². The molecule has 1 saturated heterocycles. The van der Waals surface area contributed by atoms with Gasteiger partial charge in [-0.2, -0.15) is 0 Å². The van der Waals surface area contributed by atoms with Gasteiger partial charge in [0.25, 0.3) is 0 Å². The highest BCUT2D eigenvalue weighted by molar-refractivity contribution is 4.98. The molecule has 1 aromatic rings. The first-order valence-corrected chi connectivity index (χ1v) is 7.05. The minimum absolute atomic E-state index is 0.654. The lowest BCUT2D eigenvalue weighted by molar-refractivity contribution is 0.0719. The maximum absolute atomic E-state index is 5.55. The zero-order valence-electron chi connectivity index (χ0n) is 11.8. The van der Waals surface area contributed by atoms with Gasteiger partial charge >= 0.3 is 0 Å². The molecule has 1 aliphatic rings. The van der Waals surface area contributed by atoms with Gasteiger partial charge in [-0.25, -0.2) is 4.98 Å². The van der Waals surface area contributed by atoms with Gasteiger partial charge in [0.15, 0.2) is 0 Å². The van der Waals surface area contributed by atoms with Crippen molar-refractivity contribution in [1.82, 2.24) is 14.5 Å². The van der Waals surface area contributed by atoms with Crippen LogP contribution < -0.4 is 5.73 Å². The first-order valence-electron chi connectivity index (χ1n) is 7.05. The summed E-state index contributed by atoms with van der Waals surface area (Å²) in [5, 5.41) is 0. The van der Waals surface area contributed by atoms with E-state index in [-0.39, 0.29) is 0 Å². The number of piperidine rings is 1. The summed E-state index contributed by atoms with van der Waals surface area (Å²) in [5.41, 5.74) is 6.72. The number of aromatic nitrogens is 2. The highest BCUT2D eigenvalue weighted by atomic mass is 15.2. The summed E-state index contributed by atoms with van der Waals surface area (Å²) in [6.45, 7) is 10.7. The monoisotopic (exact) mass is 250 g/mol. The number of nitrogens with zero attached hydrogens (tertiary/aromatic N) is 3. The summed E-state index contributed by atoms with van der Waals surface area (Å²) in [6.07, 6.45) is 5.37. The molecule has 0 spiro atoms. The van der Waals surface area contributed by atoms with Gasteiger partial charge in [0.05, 0.1) is 12.0 Å². The van der Waals surface area contributed by atoms with E-state index in [1.54, 1.807) is 0 Å². The maximum Gasteiger partial charge on any atom is 0.0950 e. The van der Waals surface area contributed by atoms with E-state index in [1.165, 1.54) is 13.0 Å². The van der Waals surface area contributed by atoms with E-state index < -0.39 is 0 Å². The number of rotatable bonds is 4. The summed E-state index contributed by atoms with van der Waals surface area (Å²) in [5.74, 6) is 1.57. The first-order chi connectivity index (χ1) is 8.60. The van der Waals surface area contributed by atoms with Gasteiger partial charge in [0.1, 0.15) is 0 Å². The van der Waals surface area contributed by atoms with E-state index in [0.29, 0.717) is 12.6 Å². The molecule has 2 heterocycles. The van der Waals surface area contributed by atoms with Gasteiger partial charge in [-0.1, -0.05) is 13.8 Å². The summed E-state index contributed by atoms with van der Waals surface area (Å²) < 4.78 is 2.08. The van der Waals surface area contributed by atoms with Crippen molar-refractivity contribution in [2.45, 2.75) is 46.3 Å². The molecule has 0 saturated carbocycles. The molecule has 0 aliphatic carbocycles. The van der Waals surface area contributed by atoms with E-state index in [1.807, 2.05) is 6.33 Å². The lowest BCUT2D eigenvalue weighted by atomic mass is 9.86. The Hall–Kier alpha value is -0.870. The molecular formula is C14H26N4. The number of nitrogens with two attached hydrogens (primary N) is 1. The van der Waals surface area contributed by atoms with Crippen LogP contribution in [0.1, 0.15) is 32.9 Å². The number of hydrogen-bond acceptors (Lipinski definition) is 3. The van der Waals surface area contributed by atoms with Crippen LogP contribution in [0.2, 0.25) is 0 Å². The Kier molecular flexibility index (Phi) is 4.40. The summed E-state index contributed by atoms with van der Waals surface area (Å²) in [4.78, 5) is 7.04. The van der Waals surface area contributed by atoms with Gasteiger partial charge in [0, 0.05) is 38.4 Å². The van der Waals surface area contributed by atoms with Gasteiger partial charge in [0.2, 0.25) is 0 Å². The molecule has 3 unspecified atom stereocenters. The molecule has 1 aliphatic heterocycles. The van der Waals surface area contributed by atoms with Crippen LogP contribution in [-0.4, -0.2) is 33.6 Å². The lowest BCUT2D eigenvalue weighted by Crippen LogP contribution is -2.45. The van der Waals surface area contributed by atoms with Crippen molar-refractivity contribution in [3.8, 4) is 0 Å². The Bertz CT molecular complexity index is 374. The minimum atomic E-state index is 0.654. The summed E-state index contributed by atoms with van der Waals surface area (Å²) in [7, 11) is 0. The van der Waals surface area contributed by atoms with E-state index in [9.17, 15) is 0 Å². The predicted octanol–water partition coefficient (Wildman–Crippen LogP) is 1.71. The Balaban J connectivity index is 1.98. The Morgan fingerprint density at radius 1 is 1.39 bits per heavy atom. The summed E-state index contributed by atoms with van der Waals surface area (Å²) >= 11 is 0. The van der Waals surface area contributed by atoms with Gasteiger partial charge in [-0.3, -0.25) is 4.90 Å². The molecule has 0 amide bonds. The average Bonchev–Trinajstić information content (AvgIpc) is 2.73. The number of hydrogen-bond donors (Lipinski definition) is 1. The average molecular weight is 250 g/mol. The minimum Gasteiger partial charge on any atom is -0.336 e. The molecule has 2 N–H and O–H groups in total. The van der Waals surface area contributed by atoms with Crippen molar-refractivity contribution < 1.29 is 0 Å². The third-order valence-electron chi connectivity index (χ3n) is 4.16. The molecule has 2 rings (SSSR count). The molecule has 0 bridgehead atoms. The number of likely N-dealkylation sites (tertiary alicyclic amines) is 1. The van der Waals surface area contributed by atoms with Gasteiger partial charge in [-0.05, 0) is 25.2 Å². The molecule has 4 heteroatoms. The van der Waals surface area contributed by atoms with Crippen LogP contribution in [0.3, 0.4) is 0 Å². The SMILES string of the molecule is CC1CC(C)C(C)N(Cc2cn(CCN)cn2)C1. The normalized spacial score (nSPS) is 29.7. The van der Waals surface area contributed by atoms with Crippen LogP contribution >= 0.6 is 0 Å². The first kappa shape index (κ1) is 13.6. The smallest absolute Gasteiger partial charge is 0.0950 e. The highest BCUT2D eigenvalue weighted by Crippen LogP contribution is 2.27. The molecule has 18 heavy (non-hydrogen) atoms. The quantitative estimate of drug-likeness (QED) is 0.885. The topological polar surface area (TPSA) is 47.1 Å². The van der Waals surface area contributed by atoms with E-state index in [4.69, 9.17) is 5.73 Å². The third-order valence-corrected chi connectivity index (χ3v) is 4.16. The second-order valence-corrected chi connectivity index (χ2v) is 5.88. The fourth-order valence-corrected chi connectivity index (χ4v) is 3.01. The fraction of sp³-hybridized carbons (Fsp3) is 0.786. The standard InChI is InChI=1S/C14H26N4/c1-11-6-12(2)13(3)18(7-11)9-14-8-17(5-4-15)10-16-14/h8,10-13H,4-7,9,15H2,1-3H3. The zero-order valence-corrected chi connectivity index (χ0v) is 11.8. The highest BCUT2D eigenvalue weighted by Gasteiger charge is 2.28. The Morgan fingerprint density at radius 3 is 2.89 bits per heavy atom. The second-order valence-electron chi connectivity index (χ2n) is 5.88. The fourth-order valence-electron chi connectivity index (χ4n) is 3.01. The van der Waals surface area contributed by atoms with Crippen molar-refractivity contribution in [2.75, 3.05) is 13.1 Å². The van der Waals surface area contributed by atoms with Crippen molar-refractivity contribution in [3.63, 3.8) is 0 Å². The lowest BCUT2D eigenvalue weighted by Gasteiger charge is -2.40. The molecule has 1 fully saturated rings. The molecule has 4 nitrogen and oxygen atoms in total. The third kappa shape index (κ3) is 3.12. The van der Waals surface area contributed by atoms with Crippen molar-refractivity contribution in [3.05, 3.63) is 18.2 Å². The van der Waals surface area contributed by atoms with Gasteiger partial charge in [-0.15, -0.1) is 0 Å². The van der Waals surface area contributed by atoms with Crippen molar-refractivity contribution in [2.24, 2.45) is 17.6 Å². The molecule has 1 aromatic heterocycles. The van der Waals surface area contributed by atoms with Gasteiger partial charge < -0.3 is 10.3 Å². The molecular weight excluding hydrogens is 224 g/mol. The largest absolute Gasteiger partial charge is 0.336 e. The molecule has 3 atom stereocenters. The Labute approximate surface area is 110 Å². The molecule has 0 radical (unpaired) electrons. The predicted molar refractivity (Wildman–Crippen MR) is 74.1 cm³/mol. The van der Waals surface area contributed by atoms with Crippen LogP contribution in [-0.2, 0) is 13.1 Å². The summed E-state index contributed by atoms with van der Waals surface area (Å²) in [6, 6.07) is 0.654. The van der Waals surface area contributed by atoms with Crippen LogP contribution in [0.15, 0.2) is 12.5 Å². The molecule has 102 valence electrons.